The number of hydrogen-bond acceptors (Lipinski definition) is 6. The van der Waals surface area contributed by atoms with Crippen molar-refractivity contribution in [2.75, 3.05) is 7.11 Å². The van der Waals surface area contributed by atoms with Crippen LogP contribution < -0.4 is 15.4 Å². The number of rotatable bonds is 6. The van der Waals surface area contributed by atoms with Crippen LogP contribution in [0, 0.1) is 0 Å². The van der Waals surface area contributed by atoms with Crippen LogP contribution in [0.2, 0.25) is 0 Å². The van der Waals surface area contributed by atoms with E-state index in [4.69, 9.17) is 4.74 Å². The van der Waals surface area contributed by atoms with Crippen molar-refractivity contribution in [3.63, 3.8) is 0 Å². The van der Waals surface area contributed by atoms with Gasteiger partial charge >= 0.3 is 0 Å². The van der Waals surface area contributed by atoms with E-state index in [1.807, 2.05) is 0 Å². The molecule has 1 saturated carbocycles. The van der Waals surface area contributed by atoms with Crippen molar-refractivity contribution < 1.29 is 19.4 Å². The first kappa shape index (κ1) is 20.8. The Labute approximate surface area is 170 Å². The Kier molecular flexibility index (Phi) is 8.04. The molecule has 0 saturated heterocycles. The number of thiophene rings is 1. The summed E-state index contributed by atoms with van der Waals surface area (Å²) in [5.41, 5.74) is 0.902. The first-order valence-corrected chi connectivity index (χ1v) is 10.2. The molecule has 0 aliphatic heterocycles. The molecule has 1 fully saturated rings. The van der Waals surface area contributed by atoms with Gasteiger partial charge < -0.3 is 20.5 Å². The molecule has 1 aliphatic carbocycles. The maximum absolute atomic E-state index is 12.6. The maximum Gasteiger partial charge on any atom is 0.272 e. The summed E-state index contributed by atoms with van der Waals surface area (Å²) in [6.07, 6.45) is 4.15. The van der Waals surface area contributed by atoms with Gasteiger partial charge in [-0.25, -0.2) is 3.21 Å². The Hall–Kier alpha value is -1.46. The van der Waals surface area contributed by atoms with Gasteiger partial charge in [-0.15, -0.1) is 11.3 Å². The van der Waals surface area contributed by atoms with Crippen LogP contribution in [0.15, 0.2) is 25.7 Å². The molecule has 0 unspecified atom stereocenters. The van der Waals surface area contributed by atoms with E-state index in [2.05, 4.69) is 13.8 Å². The third kappa shape index (κ3) is 5.27. The molecule has 0 spiro atoms. The zero-order chi connectivity index (χ0) is 19.1. The molecule has 1 aliphatic rings. The highest BCUT2D eigenvalue weighted by Gasteiger charge is 2.25. The quantitative estimate of drug-likeness (QED) is 0.421. The fourth-order valence-electron chi connectivity index (χ4n) is 2.75. The van der Waals surface area contributed by atoms with Crippen LogP contribution in [0.5, 0.6) is 5.75 Å². The number of nitrogens with one attached hydrogen (secondary N) is 2. The molecule has 0 aromatic carbocycles. The number of aliphatic hydroxyl groups excluding tert-OH is 1. The van der Waals surface area contributed by atoms with Crippen molar-refractivity contribution in [3.05, 3.63) is 28.1 Å². The molecule has 2 rings (SSSR count). The standard InChI is InChI=1S/C17H22IN3O4S/c1-3-13(20-16(23)12-8-26-9-14(12)25-2)15(21-18)17(24)19-10-4-6-11(22)7-5-10/h3,8-11,22H,4-7H2,1-2H3,(H,19,24)(H,20,23)/b13-3+,21-15+/t10-,11-. The summed E-state index contributed by atoms with van der Waals surface area (Å²) < 4.78 is 9.19. The van der Waals surface area contributed by atoms with Gasteiger partial charge in [-0.2, -0.15) is 0 Å². The van der Waals surface area contributed by atoms with E-state index in [9.17, 15) is 14.7 Å². The second-order valence-corrected chi connectivity index (χ2v) is 7.15. The van der Waals surface area contributed by atoms with E-state index in [1.165, 1.54) is 18.4 Å². The zero-order valence-corrected chi connectivity index (χ0v) is 17.6. The van der Waals surface area contributed by atoms with Crippen molar-refractivity contribution in [2.45, 2.75) is 44.8 Å². The lowest BCUT2D eigenvalue weighted by atomic mass is 9.93. The van der Waals surface area contributed by atoms with E-state index in [1.54, 1.807) is 46.6 Å². The summed E-state index contributed by atoms with van der Waals surface area (Å²) in [6, 6.07) is 0.00447. The molecule has 9 heteroatoms. The number of hydrogen-bond donors (Lipinski definition) is 3. The number of carbonyl (C=O) groups is 2. The molecule has 26 heavy (non-hydrogen) atoms. The summed E-state index contributed by atoms with van der Waals surface area (Å²) in [6.45, 7) is 1.73. The average molecular weight is 491 g/mol. The molecule has 0 atom stereocenters. The second kappa shape index (κ2) is 10.0. The molecule has 0 radical (unpaired) electrons. The average Bonchev–Trinajstić information content (AvgIpc) is 3.12. The summed E-state index contributed by atoms with van der Waals surface area (Å²) in [4.78, 5) is 25.1. The molecule has 3 N–H and O–H groups in total. The highest BCUT2D eigenvalue weighted by Crippen LogP contribution is 2.23. The maximum atomic E-state index is 12.6. The third-order valence-corrected chi connectivity index (χ3v) is 5.42. The molecule has 2 amide bonds. The summed E-state index contributed by atoms with van der Waals surface area (Å²) in [5.74, 6) is -0.213. The SMILES string of the molecule is C/C=C(NC(=O)c1cscc1OC)\C(=N/I)C(=O)N[C@H]1CC[C@H](O)CC1. The number of amides is 2. The predicted molar refractivity (Wildman–Crippen MR) is 110 cm³/mol. The Bertz CT molecular complexity index is 709. The number of ether oxygens (including phenoxy) is 1. The molecule has 0 bridgehead atoms. The lowest BCUT2D eigenvalue weighted by Gasteiger charge is -2.26. The van der Waals surface area contributed by atoms with Gasteiger partial charge in [0, 0.05) is 16.8 Å². The minimum Gasteiger partial charge on any atom is -0.495 e. The largest absolute Gasteiger partial charge is 0.495 e. The number of carbonyl (C=O) groups excluding carboxylic acids is 2. The van der Waals surface area contributed by atoms with Crippen LogP contribution in [-0.2, 0) is 4.79 Å². The lowest BCUT2D eigenvalue weighted by Crippen LogP contribution is -2.44. The van der Waals surface area contributed by atoms with Crippen molar-refractivity contribution in [1.29, 1.82) is 0 Å². The molecular weight excluding hydrogens is 469 g/mol. The van der Waals surface area contributed by atoms with Gasteiger partial charge in [-0.3, -0.25) is 9.59 Å². The summed E-state index contributed by atoms with van der Waals surface area (Å²) >= 11 is 3.11. The predicted octanol–water partition coefficient (Wildman–Crippen LogP) is 2.60. The van der Waals surface area contributed by atoms with Gasteiger partial charge in [-0.05, 0) is 32.6 Å². The molecular formula is C17H22IN3O4S. The van der Waals surface area contributed by atoms with Crippen LogP contribution in [0.25, 0.3) is 0 Å². The molecule has 7 nitrogen and oxygen atoms in total. The van der Waals surface area contributed by atoms with Crippen LogP contribution >= 0.6 is 34.2 Å². The Morgan fingerprint density at radius 2 is 2.04 bits per heavy atom. The minimum absolute atomic E-state index is 0.00447. The minimum atomic E-state index is -0.359. The summed E-state index contributed by atoms with van der Waals surface area (Å²) in [5, 5.41) is 18.7. The van der Waals surface area contributed by atoms with Gasteiger partial charge in [0.25, 0.3) is 11.8 Å². The second-order valence-electron chi connectivity index (χ2n) is 5.92. The number of methoxy groups -OCH3 is 1. The molecule has 1 aromatic rings. The van der Waals surface area contributed by atoms with E-state index in [0.29, 0.717) is 29.9 Å². The van der Waals surface area contributed by atoms with E-state index >= 15 is 0 Å². The first-order valence-electron chi connectivity index (χ1n) is 8.26. The topological polar surface area (TPSA) is 100 Å². The van der Waals surface area contributed by atoms with Gasteiger partial charge in [0.1, 0.15) is 5.75 Å². The molecule has 142 valence electrons. The van der Waals surface area contributed by atoms with Crippen LogP contribution in [-0.4, -0.2) is 41.9 Å². The summed E-state index contributed by atoms with van der Waals surface area (Å²) in [7, 11) is 1.50. The fourth-order valence-corrected chi connectivity index (χ4v) is 4.00. The number of aliphatic hydroxyl groups is 1. The van der Waals surface area contributed by atoms with Crippen LogP contribution in [0.4, 0.5) is 0 Å². The van der Waals surface area contributed by atoms with Gasteiger partial charge in [0.05, 0.1) is 47.3 Å². The van der Waals surface area contributed by atoms with E-state index in [0.717, 1.165) is 12.8 Å². The highest BCUT2D eigenvalue weighted by atomic mass is 127. The van der Waals surface area contributed by atoms with Gasteiger partial charge in [0.15, 0.2) is 5.71 Å². The van der Waals surface area contributed by atoms with Gasteiger partial charge in [0.2, 0.25) is 0 Å². The number of allylic oxidation sites excluding steroid dienone is 1. The Morgan fingerprint density at radius 1 is 1.35 bits per heavy atom. The Balaban J connectivity index is 2.04. The molecule has 1 aromatic heterocycles. The van der Waals surface area contributed by atoms with Crippen molar-refractivity contribution in [1.82, 2.24) is 10.6 Å². The van der Waals surface area contributed by atoms with Crippen LogP contribution in [0.3, 0.4) is 0 Å². The molecule has 1 heterocycles. The fraction of sp³-hybridized carbons (Fsp3) is 0.471. The van der Waals surface area contributed by atoms with E-state index < -0.39 is 0 Å². The normalized spacial score (nSPS) is 21.2. The monoisotopic (exact) mass is 491 g/mol. The van der Waals surface area contributed by atoms with Crippen molar-refractivity contribution >= 4 is 51.7 Å². The number of nitrogens with zero attached hydrogens (tertiary/aromatic N) is 1. The highest BCUT2D eigenvalue weighted by molar-refractivity contribution is 14.1. The third-order valence-electron chi connectivity index (χ3n) is 4.21. The Morgan fingerprint density at radius 3 is 2.62 bits per heavy atom. The smallest absolute Gasteiger partial charge is 0.272 e. The zero-order valence-electron chi connectivity index (χ0n) is 14.6. The van der Waals surface area contributed by atoms with Crippen LogP contribution in [0.1, 0.15) is 43.0 Å². The lowest BCUT2D eigenvalue weighted by molar-refractivity contribution is -0.115. The van der Waals surface area contributed by atoms with Gasteiger partial charge in [-0.1, -0.05) is 6.08 Å². The first-order chi connectivity index (χ1) is 12.5. The van der Waals surface area contributed by atoms with E-state index in [-0.39, 0.29) is 29.7 Å². The van der Waals surface area contributed by atoms with Crippen molar-refractivity contribution in [3.8, 4) is 5.75 Å². The number of halogens is 1. The van der Waals surface area contributed by atoms with Crippen molar-refractivity contribution in [2.24, 2.45) is 3.21 Å².